The molecule has 1 rings (SSSR count). The van der Waals surface area contributed by atoms with Crippen LogP contribution in [0.15, 0.2) is 0 Å². The van der Waals surface area contributed by atoms with Crippen molar-refractivity contribution in [2.45, 2.75) is 64.6 Å². The zero-order valence-electron chi connectivity index (χ0n) is 11.4. The Morgan fingerprint density at radius 2 is 1.17 bits per heavy atom. The minimum atomic E-state index is -3.20. The predicted octanol–water partition coefficient (Wildman–Crippen LogP) is 2.90. The molecule has 0 saturated carbocycles. The van der Waals surface area contributed by atoms with Gasteiger partial charge in [-0.15, -0.1) is 0 Å². The van der Waals surface area contributed by atoms with Crippen LogP contribution >= 0.6 is 16.5 Å². The van der Waals surface area contributed by atoms with E-state index in [1.807, 2.05) is 0 Å². The van der Waals surface area contributed by atoms with Gasteiger partial charge in [-0.05, 0) is 25.7 Å². The molecule has 2 unspecified atom stereocenters. The van der Waals surface area contributed by atoms with Crippen LogP contribution < -0.4 is 0 Å². The maximum Gasteiger partial charge on any atom is 0.323 e. The molecule has 1 aliphatic rings. The highest BCUT2D eigenvalue weighted by Crippen LogP contribution is 2.56. The quantitative estimate of drug-likeness (QED) is 0.578. The normalized spacial score (nSPS) is 22.6. The van der Waals surface area contributed by atoms with Gasteiger partial charge in [0.05, 0.1) is 11.2 Å². The molecular weight excluding hydrogens is 278 g/mol. The molecule has 1 fully saturated rings. The SMILES string of the molecule is CCC1(CC)OC1(CC)CC.O=[PH](O)O[PH](=O)O. The van der Waals surface area contributed by atoms with Crippen molar-refractivity contribution < 1.29 is 28.0 Å². The van der Waals surface area contributed by atoms with E-state index in [1.54, 1.807) is 0 Å². The van der Waals surface area contributed by atoms with Crippen molar-refractivity contribution in [2.75, 3.05) is 0 Å². The molecule has 0 aromatic carbocycles. The third-order valence-electron chi connectivity index (χ3n) is 3.64. The topological polar surface area (TPSA) is 96.4 Å². The second-order valence-corrected chi connectivity index (χ2v) is 6.02. The van der Waals surface area contributed by atoms with Gasteiger partial charge in [-0.2, -0.15) is 0 Å². The summed E-state index contributed by atoms with van der Waals surface area (Å²) in [7, 11) is -6.40. The molecule has 110 valence electrons. The van der Waals surface area contributed by atoms with Crippen LogP contribution in [-0.4, -0.2) is 21.0 Å². The van der Waals surface area contributed by atoms with Gasteiger partial charge in [-0.3, -0.25) is 9.13 Å². The summed E-state index contributed by atoms with van der Waals surface area (Å²) >= 11 is 0. The molecule has 1 aliphatic heterocycles. The summed E-state index contributed by atoms with van der Waals surface area (Å²) in [4.78, 5) is 15.4. The molecular formula is C10H24O6P2. The van der Waals surface area contributed by atoms with Crippen LogP contribution in [0.2, 0.25) is 0 Å². The largest absolute Gasteiger partial charge is 0.363 e. The molecule has 0 spiro atoms. The molecule has 8 heteroatoms. The summed E-state index contributed by atoms with van der Waals surface area (Å²) in [5.41, 5.74) is 0.493. The van der Waals surface area contributed by atoms with E-state index in [1.165, 1.54) is 25.7 Å². The van der Waals surface area contributed by atoms with Crippen molar-refractivity contribution in [3.05, 3.63) is 0 Å². The Morgan fingerprint density at radius 3 is 1.22 bits per heavy atom. The smallest absolute Gasteiger partial charge is 0.323 e. The fraction of sp³-hybridized carbons (Fsp3) is 1.00. The highest BCUT2D eigenvalue weighted by Gasteiger charge is 2.64. The van der Waals surface area contributed by atoms with Gasteiger partial charge < -0.3 is 14.5 Å². The molecule has 18 heavy (non-hydrogen) atoms. The van der Waals surface area contributed by atoms with Crippen molar-refractivity contribution in [2.24, 2.45) is 0 Å². The van der Waals surface area contributed by atoms with Crippen molar-refractivity contribution in [3.63, 3.8) is 0 Å². The molecule has 1 heterocycles. The van der Waals surface area contributed by atoms with Gasteiger partial charge in [0.1, 0.15) is 0 Å². The minimum absolute atomic E-state index is 0.247. The fourth-order valence-corrected chi connectivity index (χ4v) is 3.10. The van der Waals surface area contributed by atoms with E-state index >= 15 is 0 Å². The lowest BCUT2D eigenvalue weighted by molar-refractivity contribution is 0.246. The van der Waals surface area contributed by atoms with Crippen LogP contribution in [0.25, 0.3) is 0 Å². The highest BCUT2D eigenvalue weighted by molar-refractivity contribution is 7.46. The Morgan fingerprint density at radius 1 is 0.889 bits per heavy atom. The second-order valence-electron chi connectivity index (χ2n) is 4.14. The number of epoxide rings is 1. The Kier molecular flexibility index (Phi) is 7.91. The van der Waals surface area contributed by atoms with Gasteiger partial charge in [0.25, 0.3) is 0 Å². The molecule has 0 aliphatic carbocycles. The third kappa shape index (κ3) is 4.44. The number of ether oxygens (including phenoxy) is 1. The summed E-state index contributed by atoms with van der Waals surface area (Å²) in [6.07, 6.45) is 4.69. The monoisotopic (exact) mass is 302 g/mol. The third-order valence-corrected chi connectivity index (χ3v) is 5.04. The molecule has 0 aromatic heterocycles. The lowest BCUT2D eigenvalue weighted by atomic mass is 9.84. The van der Waals surface area contributed by atoms with Crippen LogP contribution in [0.4, 0.5) is 0 Å². The molecule has 1 saturated heterocycles. The first kappa shape index (κ1) is 18.3. The van der Waals surface area contributed by atoms with Crippen LogP contribution in [0, 0.1) is 0 Å². The van der Waals surface area contributed by atoms with Crippen LogP contribution in [0.1, 0.15) is 53.4 Å². The van der Waals surface area contributed by atoms with Gasteiger partial charge in [0.15, 0.2) is 0 Å². The second kappa shape index (κ2) is 7.78. The average Bonchev–Trinajstić information content (AvgIpc) is 2.98. The minimum Gasteiger partial charge on any atom is -0.363 e. The van der Waals surface area contributed by atoms with E-state index in [0.29, 0.717) is 0 Å². The molecule has 0 aromatic rings. The van der Waals surface area contributed by atoms with Gasteiger partial charge in [0.2, 0.25) is 0 Å². The van der Waals surface area contributed by atoms with Gasteiger partial charge in [-0.25, -0.2) is 4.31 Å². The first-order chi connectivity index (χ1) is 8.33. The maximum atomic E-state index is 9.44. The van der Waals surface area contributed by atoms with E-state index in [2.05, 4.69) is 32.0 Å². The number of hydrogen-bond donors (Lipinski definition) is 2. The number of rotatable bonds is 6. The number of hydrogen-bond acceptors (Lipinski definition) is 4. The lowest BCUT2D eigenvalue weighted by Crippen LogP contribution is -2.23. The summed E-state index contributed by atoms with van der Waals surface area (Å²) < 4.78 is 28.2. The standard InChI is InChI=1S/C10H20O.H4O5P2/c1-5-9(6-2)10(7-3,8-4)11-9;1-6(2)5-7(3)4/h5-8H2,1-4H3;6-7H,(H,1,2)(H,3,4). The zero-order valence-corrected chi connectivity index (χ0v) is 13.4. The van der Waals surface area contributed by atoms with Gasteiger partial charge >= 0.3 is 16.5 Å². The molecule has 0 amide bonds. The summed E-state index contributed by atoms with van der Waals surface area (Å²) in [6, 6.07) is 0. The lowest BCUT2D eigenvalue weighted by Gasteiger charge is -2.13. The van der Waals surface area contributed by atoms with Crippen LogP contribution in [0.3, 0.4) is 0 Å². The fourth-order valence-electron chi connectivity index (χ4n) is 2.50. The van der Waals surface area contributed by atoms with Crippen molar-refractivity contribution in [3.8, 4) is 0 Å². The van der Waals surface area contributed by atoms with Crippen molar-refractivity contribution >= 4 is 16.5 Å². The highest BCUT2D eigenvalue weighted by atomic mass is 31.2. The Balaban J connectivity index is 0.000000360. The molecule has 2 N–H and O–H groups in total. The molecule has 2 atom stereocenters. The van der Waals surface area contributed by atoms with E-state index < -0.39 is 16.5 Å². The first-order valence-electron chi connectivity index (χ1n) is 6.16. The first-order valence-corrected chi connectivity index (χ1v) is 8.69. The molecule has 0 radical (unpaired) electrons. The Labute approximate surface area is 110 Å². The Bertz CT molecular complexity index is 271. The zero-order chi connectivity index (χ0) is 14.4. The molecule has 0 bridgehead atoms. The maximum absolute atomic E-state index is 9.44. The van der Waals surface area contributed by atoms with E-state index in [9.17, 15) is 9.13 Å². The van der Waals surface area contributed by atoms with Crippen LogP contribution in [0.5, 0.6) is 0 Å². The average molecular weight is 302 g/mol. The van der Waals surface area contributed by atoms with E-state index in [0.717, 1.165) is 0 Å². The summed E-state index contributed by atoms with van der Waals surface area (Å²) in [6.45, 7) is 8.93. The van der Waals surface area contributed by atoms with E-state index in [-0.39, 0.29) is 11.2 Å². The predicted molar refractivity (Wildman–Crippen MR) is 71.2 cm³/mol. The summed E-state index contributed by atoms with van der Waals surface area (Å²) in [5, 5.41) is 0. The van der Waals surface area contributed by atoms with Crippen LogP contribution in [-0.2, 0) is 18.2 Å². The van der Waals surface area contributed by atoms with Crippen molar-refractivity contribution in [1.82, 2.24) is 0 Å². The van der Waals surface area contributed by atoms with Gasteiger partial charge in [0, 0.05) is 0 Å². The van der Waals surface area contributed by atoms with Gasteiger partial charge in [-0.1, -0.05) is 27.7 Å². The Hall–Kier alpha value is 0.300. The van der Waals surface area contributed by atoms with E-state index in [4.69, 9.17) is 14.5 Å². The molecule has 6 nitrogen and oxygen atoms in total. The summed E-state index contributed by atoms with van der Waals surface area (Å²) in [5.74, 6) is 0. The van der Waals surface area contributed by atoms with Crippen molar-refractivity contribution in [1.29, 1.82) is 0 Å².